The molecule has 0 spiro atoms. The Labute approximate surface area is 81.7 Å². The van der Waals surface area contributed by atoms with Crippen LogP contribution in [0.1, 0.15) is 24.6 Å². The van der Waals surface area contributed by atoms with Crippen molar-refractivity contribution in [3.05, 3.63) is 17.5 Å². The zero-order valence-corrected chi connectivity index (χ0v) is 8.82. The van der Waals surface area contributed by atoms with Crippen LogP contribution in [0.2, 0.25) is 0 Å². The number of H-pyrrole nitrogens is 1. The molecule has 0 aromatic carbocycles. The van der Waals surface area contributed by atoms with Crippen molar-refractivity contribution in [2.75, 3.05) is 0 Å². The van der Waals surface area contributed by atoms with E-state index in [0.29, 0.717) is 5.56 Å². The van der Waals surface area contributed by atoms with Crippen molar-refractivity contribution in [3.8, 4) is 0 Å². The zero-order valence-electron chi connectivity index (χ0n) is 7.25. The van der Waals surface area contributed by atoms with Crippen molar-refractivity contribution in [2.24, 2.45) is 0 Å². The molecule has 74 valence electrons. The van der Waals surface area contributed by atoms with Gasteiger partial charge in [0, 0.05) is 21.9 Å². The smallest absolute Gasteiger partial charge is 0.236 e. The number of rotatable bonds is 4. The first-order valence-electron chi connectivity index (χ1n) is 3.96. The summed E-state index contributed by atoms with van der Waals surface area (Å²) in [5.74, 6) is -0.152. The number of nitrogens with one attached hydrogen (secondary N) is 1. The van der Waals surface area contributed by atoms with Gasteiger partial charge in [0.2, 0.25) is 9.05 Å². The second-order valence-electron chi connectivity index (χ2n) is 2.81. The van der Waals surface area contributed by atoms with Crippen LogP contribution < -0.4 is 0 Å². The molecule has 6 heteroatoms. The van der Waals surface area contributed by atoms with E-state index in [9.17, 15) is 8.42 Å². The van der Waals surface area contributed by atoms with Crippen LogP contribution in [-0.2, 0) is 21.2 Å². The molecule has 1 aromatic heterocycles. The molecule has 0 unspecified atom stereocenters. The number of hydrogen-bond donors (Lipinski definition) is 1. The van der Waals surface area contributed by atoms with E-state index < -0.39 is 9.05 Å². The maximum absolute atomic E-state index is 10.8. The van der Waals surface area contributed by atoms with Crippen molar-refractivity contribution in [1.82, 2.24) is 10.2 Å². The van der Waals surface area contributed by atoms with Crippen LogP contribution in [0.4, 0.5) is 0 Å². The van der Waals surface area contributed by atoms with Crippen LogP contribution >= 0.6 is 10.7 Å². The van der Waals surface area contributed by atoms with Gasteiger partial charge >= 0.3 is 0 Å². The highest BCUT2D eigenvalue weighted by molar-refractivity contribution is 8.13. The molecule has 1 N–H and O–H groups in total. The predicted molar refractivity (Wildman–Crippen MR) is 51.1 cm³/mol. The fraction of sp³-hybridized carbons (Fsp3) is 0.571. The Morgan fingerprint density at radius 3 is 2.85 bits per heavy atom. The van der Waals surface area contributed by atoms with Gasteiger partial charge in [0.1, 0.15) is 0 Å². The highest BCUT2D eigenvalue weighted by Gasteiger charge is 2.12. The summed E-state index contributed by atoms with van der Waals surface area (Å²) in [4.78, 5) is 0. The van der Waals surface area contributed by atoms with Crippen LogP contribution in [0.15, 0.2) is 6.20 Å². The van der Waals surface area contributed by atoms with Crippen LogP contribution in [0, 0.1) is 0 Å². The van der Waals surface area contributed by atoms with Gasteiger partial charge in [-0.05, 0) is 6.42 Å². The Kier molecular flexibility index (Phi) is 3.33. The molecule has 0 amide bonds. The number of aryl methyl sites for hydroxylation is 1. The molecule has 0 atom stereocenters. The first-order valence-corrected chi connectivity index (χ1v) is 6.44. The Balaban J connectivity index is 2.82. The van der Waals surface area contributed by atoms with E-state index in [0.717, 1.165) is 18.5 Å². The summed E-state index contributed by atoms with van der Waals surface area (Å²) in [5.41, 5.74) is 1.52. The summed E-state index contributed by atoms with van der Waals surface area (Å²) in [7, 11) is 1.65. The van der Waals surface area contributed by atoms with E-state index in [1.807, 2.05) is 6.92 Å². The van der Waals surface area contributed by atoms with Crippen molar-refractivity contribution in [2.45, 2.75) is 25.5 Å². The van der Waals surface area contributed by atoms with Crippen LogP contribution in [0.5, 0.6) is 0 Å². The summed E-state index contributed by atoms with van der Waals surface area (Å²) < 4.78 is 21.6. The van der Waals surface area contributed by atoms with Gasteiger partial charge in [-0.2, -0.15) is 5.10 Å². The van der Waals surface area contributed by atoms with Crippen LogP contribution in [-0.4, -0.2) is 18.6 Å². The van der Waals surface area contributed by atoms with Gasteiger partial charge in [-0.3, -0.25) is 5.10 Å². The lowest BCUT2D eigenvalue weighted by atomic mass is 10.2. The number of nitrogens with zero attached hydrogens (tertiary/aromatic N) is 1. The van der Waals surface area contributed by atoms with E-state index in [2.05, 4.69) is 10.2 Å². The third-order valence-corrected chi connectivity index (χ3v) is 2.62. The maximum Gasteiger partial charge on any atom is 0.236 e. The second kappa shape index (κ2) is 4.11. The third kappa shape index (κ3) is 3.36. The van der Waals surface area contributed by atoms with Gasteiger partial charge in [-0.25, -0.2) is 8.42 Å². The van der Waals surface area contributed by atoms with Crippen molar-refractivity contribution >= 4 is 19.7 Å². The van der Waals surface area contributed by atoms with Gasteiger partial charge in [-0.1, -0.05) is 13.3 Å². The van der Waals surface area contributed by atoms with E-state index in [1.54, 1.807) is 0 Å². The molecule has 0 radical (unpaired) electrons. The highest BCUT2D eigenvalue weighted by atomic mass is 35.7. The monoisotopic (exact) mass is 222 g/mol. The molecule has 0 saturated carbocycles. The molecular formula is C7H11ClN2O2S. The van der Waals surface area contributed by atoms with Crippen LogP contribution in [0.25, 0.3) is 0 Å². The fourth-order valence-corrected chi connectivity index (χ4v) is 2.09. The Bertz CT molecular complexity index is 372. The molecule has 1 aromatic rings. The summed E-state index contributed by atoms with van der Waals surface area (Å²) in [6, 6.07) is 0. The average Bonchev–Trinajstić information content (AvgIpc) is 2.34. The minimum atomic E-state index is -3.48. The molecule has 1 rings (SSSR count). The minimum absolute atomic E-state index is 0.152. The normalized spacial score (nSPS) is 11.8. The number of hydrogen-bond acceptors (Lipinski definition) is 3. The summed E-state index contributed by atoms with van der Waals surface area (Å²) in [6.45, 7) is 2.01. The molecular weight excluding hydrogens is 212 g/mol. The summed E-state index contributed by atoms with van der Waals surface area (Å²) >= 11 is 0. The summed E-state index contributed by atoms with van der Waals surface area (Å²) in [6.07, 6.45) is 3.24. The van der Waals surface area contributed by atoms with Crippen LogP contribution in [0.3, 0.4) is 0 Å². The number of aromatic amines is 1. The SMILES string of the molecule is CCCc1[nH]ncc1CS(=O)(=O)Cl. The van der Waals surface area contributed by atoms with Gasteiger partial charge in [0.05, 0.1) is 11.9 Å². The van der Waals surface area contributed by atoms with Gasteiger partial charge < -0.3 is 0 Å². The standard InChI is InChI=1S/C7H11ClN2O2S/c1-2-3-7-6(4-9-10-7)5-13(8,11)12/h4H,2-3,5H2,1H3,(H,9,10). The van der Waals surface area contributed by atoms with Crippen molar-refractivity contribution in [3.63, 3.8) is 0 Å². The number of halogens is 1. The first-order chi connectivity index (χ1) is 6.03. The highest BCUT2D eigenvalue weighted by Crippen LogP contribution is 2.13. The van der Waals surface area contributed by atoms with Crippen molar-refractivity contribution in [1.29, 1.82) is 0 Å². The molecule has 0 saturated heterocycles. The first kappa shape index (κ1) is 10.5. The minimum Gasteiger partial charge on any atom is -0.282 e. The molecule has 1 heterocycles. The Morgan fingerprint density at radius 2 is 2.31 bits per heavy atom. The molecule has 0 fully saturated rings. The Hall–Kier alpha value is -0.550. The molecule has 4 nitrogen and oxygen atoms in total. The topological polar surface area (TPSA) is 62.8 Å². The van der Waals surface area contributed by atoms with E-state index in [4.69, 9.17) is 10.7 Å². The van der Waals surface area contributed by atoms with Gasteiger partial charge in [0.25, 0.3) is 0 Å². The largest absolute Gasteiger partial charge is 0.282 e. The quantitative estimate of drug-likeness (QED) is 0.784. The lowest BCUT2D eigenvalue weighted by Gasteiger charge is -1.97. The van der Waals surface area contributed by atoms with Crippen molar-refractivity contribution < 1.29 is 8.42 Å². The average molecular weight is 223 g/mol. The van der Waals surface area contributed by atoms with Gasteiger partial charge in [0.15, 0.2) is 0 Å². The zero-order chi connectivity index (χ0) is 9.90. The molecule has 0 aliphatic carbocycles. The fourth-order valence-electron chi connectivity index (χ4n) is 1.11. The lowest BCUT2D eigenvalue weighted by Crippen LogP contribution is -1.97. The van der Waals surface area contributed by atoms with E-state index in [1.165, 1.54) is 6.20 Å². The molecule has 0 aliphatic heterocycles. The molecule has 0 aliphatic rings. The predicted octanol–water partition coefficient (Wildman–Crippen LogP) is 1.43. The van der Waals surface area contributed by atoms with E-state index in [-0.39, 0.29) is 5.75 Å². The molecule has 0 bridgehead atoms. The molecule has 13 heavy (non-hydrogen) atoms. The second-order valence-corrected chi connectivity index (χ2v) is 5.58. The summed E-state index contributed by atoms with van der Waals surface area (Å²) in [5, 5.41) is 6.53. The third-order valence-electron chi connectivity index (χ3n) is 1.64. The lowest BCUT2D eigenvalue weighted by molar-refractivity contribution is 0.608. The Morgan fingerprint density at radius 1 is 1.62 bits per heavy atom. The van der Waals surface area contributed by atoms with E-state index >= 15 is 0 Å². The maximum atomic E-state index is 10.8. The van der Waals surface area contributed by atoms with Gasteiger partial charge in [-0.15, -0.1) is 0 Å². The number of aromatic nitrogens is 2.